The van der Waals surface area contributed by atoms with E-state index in [1.165, 1.54) is 12.1 Å². The highest BCUT2D eigenvalue weighted by molar-refractivity contribution is 7.90. The number of hydrogen-bond donors (Lipinski definition) is 1. The van der Waals surface area contributed by atoms with Gasteiger partial charge in [0.15, 0.2) is 15.5 Å². The summed E-state index contributed by atoms with van der Waals surface area (Å²) in [4.78, 5) is 17.1. The zero-order chi connectivity index (χ0) is 19.8. The zero-order valence-corrected chi connectivity index (χ0v) is 16.6. The molecule has 2 aromatic heterocycles. The normalized spacial score (nSPS) is 11.7. The van der Waals surface area contributed by atoms with Crippen molar-refractivity contribution in [2.45, 2.75) is 38.5 Å². The van der Waals surface area contributed by atoms with Gasteiger partial charge in [-0.2, -0.15) is 5.10 Å². The summed E-state index contributed by atoms with van der Waals surface area (Å²) < 4.78 is 25.1. The van der Waals surface area contributed by atoms with Crippen molar-refractivity contribution in [1.82, 2.24) is 14.6 Å². The van der Waals surface area contributed by atoms with E-state index in [4.69, 9.17) is 0 Å². The molecule has 1 aromatic carbocycles. The summed E-state index contributed by atoms with van der Waals surface area (Å²) in [5, 5.41) is 7.20. The van der Waals surface area contributed by atoms with Gasteiger partial charge in [0.25, 0.3) is 0 Å². The molecule has 0 radical (unpaired) electrons. The number of hydrogen-bond acceptors (Lipinski definition) is 5. The Balaban J connectivity index is 1.74. The Kier molecular flexibility index (Phi) is 5.01. The van der Waals surface area contributed by atoms with Crippen molar-refractivity contribution in [3.8, 4) is 0 Å². The van der Waals surface area contributed by atoms with Gasteiger partial charge in [-0.1, -0.05) is 6.07 Å². The SMILES string of the molecule is Cc1cc2nc(C)c(CCC(=O)Nc3cccc(S(C)(=O)=O)c3)c(C)n2n1. The summed E-state index contributed by atoms with van der Waals surface area (Å²) >= 11 is 0. The molecule has 0 bridgehead atoms. The molecule has 7 nitrogen and oxygen atoms in total. The molecule has 1 amide bonds. The minimum Gasteiger partial charge on any atom is -0.326 e. The quantitative estimate of drug-likeness (QED) is 0.727. The maximum atomic E-state index is 12.3. The average molecular weight is 386 g/mol. The number of aromatic nitrogens is 3. The number of aryl methyl sites for hydroxylation is 3. The summed E-state index contributed by atoms with van der Waals surface area (Å²) in [5.41, 5.74) is 5.00. The molecule has 0 aliphatic heterocycles. The highest BCUT2D eigenvalue weighted by Crippen LogP contribution is 2.18. The lowest BCUT2D eigenvalue weighted by Crippen LogP contribution is -2.14. The molecule has 0 saturated heterocycles. The molecule has 1 N–H and O–H groups in total. The first-order valence-corrected chi connectivity index (χ1v) is 10.5. The van der Waals surface area contributed by atoms with Gasteiger partial charge in [-0.25, -0.2) is 17.9 Å². The number of nitrogens with one attached hydrogen (secondary N) is 1. The van der Waals surface area contributed by atoms with Crippen molar-refractivity contribution >= 4 is 27.1 Å². The summed E-state index contributed by atoms with van der Waals surface area (Å²) in [7, 11) is -3.32. The third kappa shape index (κ3) is 4.16. The van der Waals surface area contributed by atoms with Gasteiger partial charge in [-0.15, -0.1) is 0 Å². The van der Waals surface area contributed by atoms with Crippen LogP contribution in [0.1, 0.15) is 29.1 Å². The number of carbonyl (C=O) groups excluding carboxylic acids is 1. The molecule has 0 aliphatic carbocycles. The number of anilines is 1. The maximum Gasteiger partial charge on any atom is 0.224 e. The van der Waals surface area contributed by atoms with Crippen LogP contribution in [0, 0.1) is 20.8 Å². The van der Waals surface area contributed by atoms with Gasteiger partial charge in [0.05, 0.1) is 10.6 Å². The van der Waals surface area contributed by atoms with E-state index < -0.39 is 9.84 Å². The standard InChI is InChI=1S/C19H22N4O3S/c1-12-10-18-20-13(2)17(14(3)23(18)22-12)8-9-19(24)21-15-6-5-7-16(11-15)27(4,25)26/h5-7,10-11H,8-9H2,1-4H3,(H,21,24). The molecule has 27 heavy (non-hydrogen) atoms. The summed E-state index contributed by atoms with van der Waals surface area (Å²) in [6, 6.07) is 8.17. The van der Waals surface area contributed by atoms with Crippen LogP contribution >= 0.6 is 0 Å². The van der Waals surface area contributed by atoms with Crippen LogP contribution in [0.3, 0.4) is 0 Å². The molecule has 0 aliphatic rings. The number of sulfone groups is 1. The monoisotopic (exact) mass is 386 g/mol. The Hall–Kier alpha value is -2.74. The molecule has 0 unspecified atom stereocenters. The number of carbonyl (C=O) groups is 1. The smallest absolute Gasteiger partial charge is 0.224 e. The molecular weight excluding hydrogens is 364 g/mol. The first kappa shape index (κ1) is 19.0. The molecule has 142 valence electrons. The van der Waals surface area contributed by atoms with E-state index in [-0.39, 0.29) is 17.2 Å². The fraction of sp³-hybridized carbons (Fsp3) is 0.316. The third-order valence-electron chi connectivity index (χ3n) is 4.43. The van der Waals surface area contributed by atoms with Crippen molar-refractivity contribution in [2.24, 2.45) is 0 Å². The van der Waals surface area contributed by atoms with Crippen molar-refractivity contribution in [3.63, 3.8) is 0 Å². The maximum absolute atomic E-state index is 12.3. The fourth-order valence-corrected chi connectivity index (χ4v) is 3.74. The molecule has 0 fully saturated rings. The molecule has 3 aromatic rings. The minimum absolute atomic E-state index is 0.177. The van der Waals surface area contributed by atoms with E-state index in [9.17, 15) is 13.2 Å². The Morgan fingerprint density at radius 3 is 2.63 bits per heavy atom. The molecular formula is C19H22N4O3S. The van der Waals surface area contributed by atoms with E-state index in [1.54, 1.807) is 16.6 Å². The van der Waals surface area contributed by atoms with Crippen LogP contribution < -0.4 is 5.32 Å². The van der Waals surface area contributed by atoms with E-state index in [0.29, 0.717) is 12.1 Å². The van der Waals surface area contributed by atoms with E-state index >= 15 is 0 Å². The predicted octanol–water partition coefficient (Wildman–Crippen LogP) is 2.63. The number of nitrogens with zero attached hydrogens (tertiary/aromatic N) is 3. The van der Waals surface area contributed by atoms with Crippen molar-refractivity contribution in [2.75, 3.05) is 11.6 Å². The second kappa shape index (κ2) is 7.11. The van der Waals surface area contributed by atoms with Crippen LogP contribution in [-0.2, 0) is 21.1 Å². The van der Waals surface area contributed by atoms with Crippen LogP contribution in [-0.4, -0.2) is 35.2 Å². The van der Waals surface area contributed by atoms with Crippen LogP contribution in [0.5, 0.6) is 0 Å². The molecule has 2 heterocycles. The van der Waals surface area contributed by atoms with Crippen LogP contribution in [0.15, 0.2) is 35.2 Å². The first-order chi connectivity index (χ1) is 12.6. The van der Waals surface area contributed by atoms with Crippen LogP contribution in [0.2, 0.25) is 0 Å². The molecule has 8 heteroatoms. The van der Waals surface area contributed by atoms with Crippen LogP contribution in [0.4, 0.5) is 5.69 Å². The van der Waals surface area contributed by atoms with Crippen molar-refractivity contribution in [1.29, 1.82) is 0 Å². The number of benzene rings is 1. The van der Waals surface area contributed by atoms with Gasteiger partial charge in [-0.3, -0.25) is 4.79 Å². The highest BCUT2D eigenvalue weighted by Gasteiger charge is 2.14. The van der Waals surface area contributed by atoms with Gasteiger partial charge in [-0.05, 0) is 51.0 Å². The van der Waals surface area contributed by atoms with Crippen molar-refractivity contribution < 1.29 is 13.2 Å². The van der Waals surface area contributed by atoms with Crippen LogP contribution in [0.25, 0.3) is 5.65 Å². The average Bonchev–Trinajstić information content (AvgIpc) is 2.94. The zero-order valence-electron chi connectivity index (χ0n) is 15.8. The largest absolute Gasteiger partial charge is 0.326 e. The number of fused-ring (bicyclic) bond motifs is 1. The fourth-order valence-electron chi connectivity index (χ4n) is 3.07. The van der Waals surface area contributed by atoms with Gasteiger partial charge < -0.3 is 5.32 Å². The summed E-state index contributed by atoms with van der Waals surface area (Å²) in [5.74, 6) is -0.184. The Morgan fingerprint density at radius 2 is 1.93 bits per heavy atom. The van der Waals surface area contributed by atoms with E-state index in [0.717, 1.165) is 34.5 Å². The lowest BCUT2D eigenvalue weighted by Gasteiger charge is -2.11. The van der Waals surface area contributed by atoms with E-state index in [1.807, 2.05) is 26.8 Å². The predicted molar refractivity (Wildman–Crippen MR) is 104 cm³/mol. The van der Waals surface area contributed by atoms with Gasteiger partial charge in [0, 0.05) is 35.8 Å². The van der Waals surface area contributed by atoms with Crippen molar-refractivity contribution in [3.05, 3.63) is 53.0 Å². The second-order valence-corrected chi connectivity index (χ2v) is 8.68. The minimum atomic E-state index is -3.32. The second-order valence-electron chi connectivity index (χ2n) is 6.67. The Labute approximate surface area is 158 Å². The lowest BCUT2D eigenvalue weighted by molar-refractivity contribution is -0.116. The number of amides is 1. The highest BCUT2D eigenvalue weighted by atomic mass is 32.2. The topological polar surface area (TPSA) is 93.4 Å². The first-order valence-electron chi connectivity index (χ1n) is 8.57. The Bertz CT molecular complexity index is 1130. The van der Waals surface area contributed by atoms with Gasteiger partial charge in [0.2, 0.25) is 5.91 Å². The number of rotatable bonds is 5. The molecule has 3 rings (SSSR count). The summed E-state index contributed by atoms with van der Waals surface area (Å²) in [6.45, 7) is 5.82. The van der Waals surface area contributed by atoms with Gasteiger partial charge in [0.1, 0.15) is 0 Å². The molecule has 0 spiro atoms. The third-order valence-corrected chi connectivity index (χ3v) is 5.54. The molecule has 0 atom stereocenters. The summed E-state index contributed by atoms with van der Waals surface area (Å²) in [6.07, 6.45) is 1.93. The molecule has 0 saturated carbocycles. The lowest BCUT2D eigenvalue weighted by atomic mass is 10.1. The van der Waals surface area contributed by atoms with E-state index in [2.05, 4.69) is 15.4 Å². The Morgan fingerprint density at radius 1 is 1.19 bits per heavy atom. The van der Waals surface area contributed by atoms with Gasteiger partial charge >= 0.3 is 0 Å².